The van der Waals surface area contributed by atoms with Gasteiger partial charge in [-0.25, -0.2) is 9.37 Å². The quantitative estimate of drug-likeness (QED) is 0.396. The second kappa shape index (κ2) is 9.49. The monoisotopic (exact) mass is 433 g/mol. The molecule has 0 atom stereocenters. The lowest BCUT2D eigenvalue weighted by atomic mass is 10.2. The summed E-state index contributed by atoms with van der Waals surface area (Å²) in [5.74, 6) is 0.270. The minimum atomic E-state index is -0.308. The Bertz CT molecular complexity index is 1180. The summed E-state index contributed by atoms with van der Waals surface area (Å²) >= 11 is 1.31. The number of hydrogen-bond acceptors (Lipinski definition) is 4. The zero-order chi connectivity index (χ0) is 21.6. The van der Waals surface area contributed by atoms with E-state index < -0.39 is 0 Å². The van der Waals surface area contributed by atoms with Crippen LogP contribution in [0.4, 0.5) is 10.1 Å². The van der Waals surface area contributed by atoms with Gasteiger partial charge in [-0.2, -0.15) is 0 Å². The molecule has 3 aromatic carbocycles. The maximum atomic E-state index is 13.4. The Morgan fingerprint density at radius 2 is 1.74 bits per heavy atom. The van der Waals surface area contributed by atoms with Crippen molar-refractivity contribution in [1.29, 1.82) is 0 Å². The number of amides is 1. The van der Waals surface area contributed by atoms with E-state index >= 15 is 0 Å². The first-order valence-corrected chi connectivity index (χ1v) is 10.6. The maximum absolute atomic E-state index is 13.4. The fourth-order valence-corrected chi connectivity index (χ4v) is 3.86. The van der Waals surface area contributed by atoms with Crippen molar-refractivity contribution in [2.75, 3.05) is 18.2 Å². The highest BCUT2D eigenvalue weighted by molar-refractivity contribution is 7.99. The van der Waals surface area contributed by atoms with Crippen LogP contribution in [-0.4, -0.2) is 28.3 Å². The third-order valence-corrected chi connectivity index (χ3v) is 5.51. The predicted octanol–water partition coefficient (Wildman–Crippen LogP) is 5.42. The van der Waals surface area contributed by atoms with Crippen LogP contribution in [0.15, 0.2) is 90.2 Å². The van der Waals surface area contributed by atoms with E-state index in [1.165, 1.54) is 23.9 Å². The molecule has 0 aliphatic heterocycles. The van der Waals surface area contributed by atoms with Crippen molar-refractivity contribution in [3.63, 3.8) is 0 Å². The van der Waals surface area contributed by atoms with Gasteiger partial charge in [0.2, 0.25) is 5.91 Å². The summed E-state index contributed by atoms with van der Waals surface area (Å²) in [5.41, 5.74) is 3.12. The van der Waals surface area contributed by atoms with Gasteiger partial charge in [0, 0.05) is 17.4 Å². The molecule has 0 fully saturated rings. The average Bonchev–Trinajstić information content (AvgIpc) is 3.23. The minimum Gasteiger partial charge on any atom is -0.495 e. The molecule has 0 saturated carbocycles. The van der Waals surface area contributed by atoms with Gasteiger partial charge in [0.15, 0.2) is 5.16 Å². The van der Waals surface area contributed by atoms with Crippen molar-refractivity contribution in [2.45, 2.75) is 5.16 Å². The highest BCUT2D eigenvalue weighted by atomic mass is 32.2. The smallest absolute Gasteiger partial charge is 0.234 e. The highest BCUT2D eigenvalue weighted by Crippen LogP contribution is 2.28. The van der Waals surface area contributed by atoms with Crippen LogP contribution in [0.1, 0.15) is 0 Å². The lowest BCUT2D eigenvalue weighted by Gasteiger charge is -2.10. The molecule has 7 heteroatoms. The Balaban J connectivity index is 1.57. The SMILES string of the molecule is COc1ccccc1NC(=O)CSc1nc(-c2ccccc2)cn1-c1ccc(F)cc1. The molecular formula is C24H20FN3O2S. The van der Waals surface area contributed by atoms with E-state index in [-0.39, 0.29) is 17.5 Å². The molecule has 31 heavy (non-hydrogen) atoms. The lowest BCUT2D eigenvalue weighted by molar-refractivity contribution is -0.113. The molecule has 1 amide bonds. The van der Waals surface area contributed by atoms with E-state index in [9.17, 15) is 9.18 Å². The van der Waals surface area contributed by atoms with Gasteiger partial charge in [-0.15, -0.1) is 0 Å². The fourth-order valence-electron chi connectivity index (χ4n) is 3.06. The fraction of sp³-hybridized carbons (Fsp3) is 0.0833. The number of carbonyl (C=O) groups excluding carboxylic acids is 1. The van der Waals surface area contributed by atoms with Crippen molar-refractivity contribution >= 4 is 23.4 Å². The molecule has 1 heterocycles. The minimum absolute atomic E-state index is 0.157. The zero-order valence-electron chi connectivity index (χ0n) is 16.8. The first-order valence-electron chi connectivity index (χ1n) is 9.60. The number of imidazole rings is 1. The number of anilines is 1. The number of methoxy groups -OCH3 is 1. The molecule has 0 radical (unpaired) electrons. The van der Waals surface area contributed by atoms with Crippen LogP contribution in [0.2, 0.25) is 0 Å². The molecule has 0 bridgehead atoms. The van der Waals surface area contributed by atoms with Crippen LogP contribution in [-0.2, 0) is 4.79 Å². The number of nitrogens with one attached hydrogen (secondary N) is 1. The molecular weight excluding hydrogens is 413 g/mol. The number of para-hydroxylation sites is 2. The number of aromatic nitrogens is 2. The van der Waals surface area contributed by atoms with Gasteiger partial charge < -0.3 is 10.1 Å². The van der Waals surface area contributed by atoms with E-state index in [4.69, 9.17) is 9.72 Å². The Labute approximate surface area is 183 Å². The van der Waals surface area contributed by atoms with Gasteiger partial charge in [-0.05, 0) is 36.4 Å². The summed E-state index contributed by atoms with van der Waals surface area (Å²) in [7, 11) is 1.56. The summed E-state index contributed by atoms with van der Waals surface area (Å²) in [6.45, 7) is 0. The van der Waals surface area contributed by atoms with E-state index in [1.54, 1.807) is 31.4 Å². The second-order valence-electron chi connectivity index (χ2n) is 6.66. The second-order valence-corrected chi connectivity index (χ2v) is 7.60. The van der Waals surface area contributed by atoms with Crippen molar-refractivity contribution in [3.05, 3.63) is 90.9 Å². The standard InChI is InChI=1S/C24H20FN3O2S/c1-30-22-10-6-5-9-20(22)26-23(29)16-31-24-27-21(17-7-3-2-4-8-17)15-28(24)19-13-11-18(25)12-14-19/h2-15H,16H2,1H3,(H,26,29). The molecule has 0 unspecified atom stereocenters. The van der Waals surface area contributed by atoms with Crippen LogP contribution in [0.5, 0.6) is 5.75 Å². The number of carbonyl (C=O) groups is 1. The number of rotatable bonds is 7. The third-order valence-electron chi connectivity index (χ3n) is 4.56. The molecule has 1 N–H and O–H groups in total. The van der Waals surface area contributed by atoms with Crippen molar-refractivity contribution in [3.8, 4) is 22.7 Å². The summed E-state index contributed by atoms with van der Waals surface area (Å²) in [6.07, 6.45) is 1.89. The molecule has 4 aromatic rings. The maximum Gasteiger partial charge on any atom is 0.234 e. The Hall–Kier alpha value is -3.58. The number of nitrogens with zero attached hydrogens (tertiary/aromatic N) is 2. The molecule has 0 aliphatic rings. The molecule has 1 aromatic heterocycles. The third kappa shape index (κ3) is 4.95. The van der Waals surface area contributed by atoms with Gasteiger partial charge >= 0.3 is 0 Å². The van der Waals surface area contributed by atoms with Crippen LogP contribution < -0.4 is 10.1 Å². The number of thioether (sulfide) groups is 1. The zero-order valence-corrected chi connectivity index (χ0v) is 17.6. The molecule has 4 rings (SSSR count). The number of hydrogen-bond donors (Lipinski definition) is 1. The normalized spacial score (nSPS) is 10.6. The summed E-state index contributed by atoms with van der Waals surface area (Å²) < 4.78 is 20.5. The van der Waals surface area contributed by atoms with Crippen molar-refractivity contribution in [2.24, 2.45) is 0 Å². The molecule has 5 nitrogen and oxygen atoms in total. The highest BCUT2D eigenvalue weighted by Gasteiger charge is 2.15. The van der Waals surface area contributed by atoms with E-state index in [0.29, 0.717) is 16.6 Å². The molecule has 156 valence electrons. The summed E-state index contributed by atoms with van der Waals surface area (Å²) in [5, 5.41) is 3.50. The largest absolute Gasteiger partial charge is 0.495 e. The van der Waals surface area contributed by atoms with Crippen molar-refractivity contribution in [1.82, 2.24) is 9.55 Å². The van der Waals surface area contributed by atoms with Gasteiger partial charge in [-0.1, -0.05) is 54.2 Å². The first kappa shape index (κ1) is 20.7. The van der Waals surface area contributed by atoms with Gasteiger partial charge in [0.05, 0.1) is 24.2 Å². The van der Waals surface area contributed by atoms with Gasteiger partial charge in [0.25, 0.3) is 0 Å². The number of benzene rings is 3. The van der Waals surface area contributed by atoms with Gasteiger partial charge in [0.1, 0.15) is 11.6 Å². The van der Waals surface area contributed by atoms with Crippen LogP contribution >= 0.6 is 11.8 Å². The number of halogens is 1. The Kier molecular flexibility index (Phi) is 6.33. The average molecular weight is 434 g/mol. The summed E-state index contributed by atoms with van der Waals surface area (Å²) in [4.78, 5) is 17.3. The molecule has 0 saturated heterocycles. The summed E-state index contributed by atoms with van der Waals surface area (Å²) in [6, 6.07) is 23.2. The Morgan fingerprint density at radius 3 is 2.48 bits per heavy atom. The van der Waals surface area contributed by atoms with E-state index in [1.807, 2.05) is 53.2 Å². The van der Waals surface area contributed by atoms with E-state index in [0.717, 1.165) is 16.9 Å². The topological polar surface area (TPSA) is 56.1 Å². The van der Waals surface area contributed by atoms with E-state index in [2.05, 4.69) is 5.32 Å². The van der Waals surface area contributed by atoms with Crippen molar-refractivity contribution < 1.29 is 13.9 Å². The first-order chi connectivity index (χ1) is 15.1. The molecule has 0 aliphatic carbocycles. The predicted molar refractivity (Wildman–Crippen MR) is 121 cm³/mol. The molecule has 0 spiro atoms. The number of ether oxygens (including phenoxy) is 1. The Morgan fingerprint density at radius 1 is 1.03 bits per heavy atom. The van der Waals surface area contributed by atoms with Crippen LogP contribution in [0.3, 0.4) is 0 Å². The van der Waals surface area contributed by atoms with Crippen LogP contribution in [0, 0.1) is 5.82 Å². The van der Waals surface area contributed by atoms with Gasteiger partial charge in [-0.3, -0.25) is 9.36 Å². The lowest BCUT2D eigenvalue weighted by Crippen LogP contribution is -2.15. The van der Waals surface area contributed by atoms with Crippen LogP contribution in [0.25, 0.3) is 16.9 Å².